The average Bonchev–Trinajstić information content (AvgIpc) is 2.70. The van der Waals surface area contributed by atoms with Gasteiger partial charge in [0.15, 0.2) is 6.10 Å². The van der Waals surface area contributed by atoms with E-state index in [2.05, 4.69) is 5.32 Å². The Morgan fingerprint density at radius 3 is 2.58 bits per heavy atom. The SMILES string of the molecule is Cc1ccc2c(c1)N(S(C)(=O)=O)C[C@H](C(=O)NCCCc1ccc(OC(C)C)cc1)O2. The van der Waals surface area contributed by atoms with Gasteiger partial charge in [-0.1, -0.05) is 18.2 Å². The molecule has 8 heteroatoms. The third kappa shape index (κ3) is 6.13. The van der Waals surface area contributed by atoms with Crippen LogP contribution in [0, 0.1) is 6.92 Å². The van der Waals surface area contributed by atoms with E-state index in [1.165, 1.54) is 4.31 Å². The van der Waals surface area contributed by atoms with E-state index < -0.39 is 16.1 Å². The summed E-state index contributed by atoms with van der Waals surface area (Å²) in [5, 5.41) is 2.86. The zero-order valence-electron chi connectivity index (χ0n) is 18.4. The van der Waals surface area contributed by atoms with Gasteiger partial charge in [-0.3, -0.25) is 9.10 Å². The number of rotatable bonds is 8. The summed E-state index contributed by atoms with van der Waals surface area (Å²) in [4.78, 5) is 12.6. The summed E-state index contributed by atoms with van der Waals surface area (Å²) in [5.41, 5.74) is 2.55. The minimum atomic E-state index is -3.53. The molecule has 0 aromatic heterocycles. The summed E-state index contributed by atoms with van der Waals surface area (Å²) < 4.78 is 37.2. The monoisotopic (exact) mass is 446 g/mol. The molecular weight excluding hydrogens is 416 g/mol. The van der Waals surface area contributed by atoms with Crippen molar-refractivity contribution in [2.75, 3.05) is 23.7 Å². The highest BCUT2D eigenvalue weighted by Gasteiger charge is 2.34. The van der Waals surface area contributed by atoms with Gasteiger partial charge in [-0.25, -0.2) is 8.42 Å². The van der Waals surface area contributed by atoms with Gasteiger partial charge in [-0.05, 0) is 69.0 Å². The van der Waals surface area contributed by atoms with E-state index in [-0.39, 0.29) is 18.6 Å². The summed E-state index contributed by atoms with van der Waals surface area (Å²) in [7, 11) is -3.53. The Hall–Kier alpha value is -2.74. The first-order valence-corrected chi connectivity index (χ1v) is 12.3. The number of nitrogens with one attached hydrogen (secondary N) is 1. The van der Waals surface area contributed by atoms with E-state index in [9.17, 15) is 13.2 Å². The van der Waals surface area contributed by atoms with Crippen LogP contribution in [-0.2, 0) is 21.2 Å². The Kier molecular flexibility index (Phi) is 7.10. The number of anilines is 1. The number of aryl methyl sites for hydroxylation is 2. The van der Waals surface area contributed by atoms with Crippen molar-refractivity contribution in [2.45, 2.75) is 45.8 Å². The molecule has 31 heavy (non-hydrogen) atoms. The van der Waals surface area contributed by atoms with Gasteiger partial charge in [0.05, 0.1) is 24.6 Å². The third-order valence-corrected chi connectivity index (χ3v) is 6.06. The van der Waals surface area contributed by atoms with Crippen molar-refractivity contribution >= 4 is 21.6 Å². The molecule has 0 fully saturated rings. The highest BCUT2D eigenvalue weighted by Crippen LogP contribution is 2.35. The van der Waals surface area contributed by atoms with Crippen molar-refractivity contribution in [1.82, 2.24) is 5.32 Å². The average molecular weight is 447 g/mol. The van der Waals surface area contributed by atoms with Crippen LogP contribution in [0.15, 0.2) is 42.5 Å². The van der Waals surface area contributed by atoms with Gasteiger partial charge in [-0.2, -0.15) is 0 Å². The van der Waals surface area contributed by atoms with Crippen LogP contribution in [0.5, 0.6) is 11.5 Å². The summed E-state index contributed by atoms with van der Waals surface area (Å²) >= 11 is 0. The van der Waals surface area contributed by atoms with Crippen LogP contribution in [0.4, 0.5) is 5.69 Å². The number of sulfonamides is 1. The lowest BCUT2D eigenvalue weighted by molar-refractivity contribution is -0.127. The summed E-state index contributed by atoms with van der Waals surface area (Å²) in [6.07, 6.45) is 1.95. The molecule has 0 radical (unpaired) electrons. The topological polar surface area (TPSA) is 84.9 Å². The maximum absolute atomic E-state index is 12.6. The molecule has 1 atom stereocenters. The number of ether oxygens (including phenoxy) is 2. The molecule has 0 saturated carbocycles. The Labute approximate surface area is 184 Å². The van der Waals surface area contributed by atoms with Crippen LogP contribution in [-0.4, -0.2) is 45.9 Å². The van der Waals surface area contributed by atoms with E-state index in [1.54, 1.807) is 12.1 Å². The number of carbonyl (C=O) groups excluding carboxylic acids is 1. The fourth-order valence-corrected chi connectivity index (χ4v) is 4.34. The van der Waals surface area contributed by atoms with Gasteiger partial charge in [0.1, 0.15) is 11.5 Å². The molecular formula is C23H30N2O5S. The molecule has 2 aromatic carbocycles. The van der Waals surface area contributed by atoms with E-state index in [0.29, 0.717) is 18.0 Å². The Bertz CT molecular complexity index is 1020. The first-order valence-electron chi connectivity index (χ1n) is 10.4. The van der Waals surface area contributed by atoms with Gasteiger partial charge >= 0.3 is 0 Å². The highest BCUT2D eigenvalue weighted by atomic mass is 32.2. The van der Waals surface area contributed by atoms with Crippen LogP contribution in [0.1, 0.15) is 31.4 Å². The number of hydrogen-bond donors (Lipinski definition) is 1. The van der Waals surface area contributed by atoms with Crippen molar-refractivity contribution in [2.24, 2.45) is 0 Å². The highest BCUT2D eigenvalue weighted by molar-refractivity contribution is 7.92. The maximum Gasteiger partial charge on any atom is 0.263 e. The van der Waals surface area contributed by atoms with Crippen molar-refractivity contribution in [3.05, 3.63) is 53.6 Å². The lowest BCUT2D eigenvalue weighted by Gasteiger charge is -2.34. The summed E-state index contributed by atoms with van der Waals surface area (Å²) in [5.74, 6) is 0.916. The predicted octanol–water partition coefficient (Wildman–Crippen LogP) is 3.06. The van der Waals surface area contributed by atoms with E-state index in [0.717, 1.165) is 36.0 Å². The Morgan fingerprint density at radius 1 is 1.23 bits per heavy atom. The third-order valence-electron chi connectivity index (χ3n) is 4.91. The standard InChI is InChI=1S/C23H30N2O5S/c1-16(2)29-19-10-8-18(9-11-19)6-5-13-24-23(26)22-15-25(31(4,27)28)20-14-17(3)7-12-21(20)30-22/h7-12,14,16,22H,5-6,13,15H2,1-4H3,(H,24,26)/t22-/m1/s1. The van der Waals surface area contributed by atoms with Crippen molar-refractivity contribution in [3.63, 3.8) is 0 Å². The first kappa shape index (κ1) is 22.9. The number of benzene rings is 2. The molecule has 3 rings (SSSR count). The van der Waals surface area contributed by atoms with Gasteiger partial charge in [0.25, 0.3) is 5.91 Å². The number of carbonyl (C=O) groups is 1. The normalized spacial score (nSPS) is 15.9. The Morgan fingerprint density at radius 2 is 1.94 bits per heavy atom. The van der Waals surface area contributed by atoms with Crippen LogP contribution in [0.25, 0.3) is 0 Å². The molecule has 1 aliphatic rings. The molecule has 1 amide bonds. The van der Waals surface area contributed by atoms with Gasteiger partial charge in [0.2, 0.25) is 10.0 Å². The number of hydrogen-bond acceptors (Lipinski definition) is 5. The zero-order chi connectivity index (χ0) is 22.6. The molecule has 0 saturated heterocycles. The van der Waals surface area contributed by atoms with Crippen LogP contribution in [0.2, 0.25) is 0 Å². The molecule has 168 valence electrons. The largest absolute Gasteiger partial charge is 0.491 e. The van der Waals surface area contributed by atoms with Crippen LogP contribution < -0.4 is 19.1 Å². The predicted molar refractivity (Wildman–Crippen MR) is 121 cm³/mol. The quantitative estimate of drug-likeness (QED) is 0.630. The fourth-order valence-electron chi connectivity index (χ4n) is 3.44. The van der Waals surface area contributed by atoms with E-state index in [1.807, 2.05) is 51.1 Å². The molecule has 1 N–H and O–H groups in total. The van der Waals surface area contributed by atoms with Crippen LogP contribution >= 0.6 is 0 Å². The number of nitrogens with zero attached hydrogens (tertiary/aromatic N) is 1. The second kappa shape index (κ2) is 9.60. The maximum atomic E-state index is 12.6. The van der Waals surface area contributed by atoms with Gasteiger partial charge in [-0.15, -0.1) is 0 Å². The minimum absolute atomic E-state index is 0.0432. The lowest BCUT2D eigenvalue weighted by Crippen LogP contribution is -2.50. The number of fused-ring (bicyclic) bond motifs is 1. The van der Waals surface area contributed by atoms with Gasteiger partial charge in [0, 0.05) is 6.54 Å². The molecule has 0 bridgehead atoms. The molecule has 0 unspecified atom stereocenters. The van der Waals surface area contributed by atoms with Crippen LogP contribution in [0.3, 0.4) is 0 Å². The minimum Gasteiger partial charge on any atom is -0.491 e. The zero-order valence-corrected chi connectivity index (χ0v) is 19.2. The molecule has 0 aliphatic carbocycles. The Balaban J connectivity index is 1.54. The molecule has 1 heterocycles. The lowest BCUT2D eigenvalue weighted by atomic mass is 10.1. The summed E-state index contributed by atoms with van der Waals surface area (Å²) in [6, 6.07) is 13.2. The van der Waals surface area contributed by atoms with Gasteiger partial charge < -0.3 is 14.8 Å². The van der Waals surface area contributed by atoms with E-state index in [4.69, 9.17) is 9.47 Å². The second-order valence-electron chi connectivity index (χ2n) is 8.08. The smallest absolute Gasteiger partial charge is 0.263 e. The van der Waals surface area contributed by atoms with Crippen molar-refractivity contribution < 1.29 is 22.7 Å². The van der Waals surface area contributed by atoms with Crippen molar-refractivity contribution in [3.8, 4) is 11.5 Å². The number of amides is 1. The van der Waals surface area contributed by atoms with E-state index >= 15 is 0 Å². The second-order valence-corrected chi connectivity index (χ2v) is 9.98. The molecule has 2 aromatic rings. The fraction of sp³-hybridized carbons (Fsp3) is 0.435. The molecule has 0 spiro atoms. The molecule has 1 aliphatic heterocycles. The summed E-state index contributed by atoms with van der Waals surface area (Å²) in [6.45, 7) is 6.29. The molecule has 7 nitrogen and oxygen atoms in total. The van der Waals surface area contributed by atoms with Crippen molar-refractivity contribution in [1.29, 1.82) is 0 Å². The first-order chi connectivity index (χ1) is 14.6.